The van der Waals surface area contributed by atoms with Crippen LogP contribution in [0.2, 0.25) is 0 Å². The Balaban J connectivity index is 1.53. The number of likely N-dealkylation sites (tertiary alicyclic amines) is 1. The summed E-state index contributed by atoms with van der Waals surface area (Å²) in [5, 5.41) is 14.2. The normalized spacial score (nSPS) is 20.4. The van der Waals surface area contributed by atoms with Crippen LogP contribution >= 0.6 is 0 Å². The second-order valence-corrected chi connectivity index (χ2v) is 6.37. The van der Waals surface area contributed by atoms with Gasteiger partial charge in [-0.1, -0.05) is 17.3 Å². The molecule has 134 valence electrons. The van der Waals surface area contributed by atoms with Crippen molar-refractivity contribution < 1.29 is 14.4 Å². The molecule has 0 saturated carbocycles. The molecule has 2 unspecified atom stereocenters. The fourth-order valence-corrected chi connectivity index (χ4v) is 3.27. The number of hydrogen-bond acceptors (Lipinski definition) is 7. The molecule has 3 aromatic rings. The van der Waals surface area contributed by atoms with Crippen molar-refractivity contribution in [2.45, 2.75) is 25.1 Å². The summed E-state index contributed by atoms with van der Waals surface area (Å²) in [6.07, 6.45) is 3.56. The number of benzene rings is 1. The summed E-state index contributed by atoms with van der Waals surface area (Å²) in [6.45, 7) is 1.27. The van der Waals surface area contributed by atoms with Crippen molar-refractivity contribution in [2.24, 2.45) is 0 Å². The molecular weight excluding hydrogens is 332 g/mol. The Kier molecular flexibility index (Phi) is 4.64. The van der Waals surface area contributed by atoms with E-state index in [1.807, 2.05) is 36.4 Å². The molecule has 2 atom stereocenters. The second-order valence-electron chi connectivity index (χ2n) is 6.37. The molecule has 4 rings (SSSR count). The zero-order chi connectivity index (χ0) is 17.9. The van der Waals surface area contributed by atoms with Gasteiger partial charge >= 0.3 is 0 Å². The summed E-state index contributed by atoms with van der Waals surface area (Å²) in [4.78, 5) is 10.7. The Bertz CT molecular complexity index is 851. The van der Waals surface area contributed by atoms with E-state index in [0.29, 0.717) is 31.2 Å². The van der Waals surface area contributed by atoms with Crippen LogP contribution in [-0.4, -0.2) is 44.9 Å². The lowest BCUT2D eigenvalue weighted by Crippen LogP contribution is -2.24. The van der Waals surface area contributed by atoms with Crippen LogP contribution in [0.1, 0.15) is 23.9 Å². The Morgan fingerprint density at radius 2 is 1.96 bits per heavy atom. The van der Waals surface area contributed by atoms with Crippen molar-refractivity contribution in [1.82, 2.24) is 20.0 Å². The smallest absolute Gasteiger partial charge is 0.244 e. The van der Waals surface area contributed by atoms with Gasteiger partial charge in [0.25, 0.3) is 0 Å². The highest BCUT2D eigenvalue weighted by Crippen LogP contribution is 2.33. The van der Waals surface area contributed by atoms with Crippen molar-refractivity contribution in [3.63, 3.8) is 0 Å². The number of rotatable bonds is 5. The van der Waals surface area contributed by atoms with E-state index in [4.69, 9.17) is 9.26 Å². The maximum absolute atomic E-state index is 10.2. The van der Waals surface area contributed by atoms with Gasteiger partial charge in [-0.3, -0.25) is 9.88 Å². The molecule has 2 aromatic heterocycles. The van der Waals surface area contributed by atoms with Crippen molar-refractivity contribution in [1.29, 1.82) is 0 Å². The Morgan fingerprint density at radius 3 is 2.69 bits per heavy atom. The number of aliphatic hydroxyl groups is 1. The van der Waals surface area contributed by atoms with Gasteiger partial charge in [-0.25, -0.2) is 0 Å². The number of methoxy groups -OCH3 is 1. The van der Waals surface area contributed by atoms with Gasteiger partial charge in [-0.2, -0.15) is 4.98 Å². The van der Waals surface area contributed by atoms with Crippen molar-refractivity contribution in [3.05, 3.63) is 60.2 Å². The van der Waals surface area contributed by atoms with Gasteiger partial charge in [-0.15, -0.1) is 0 Å². The summed E-state index contributed by atoms with van der Waals surface area (Å²) >= 11 is 0. The zero-order valence-corrected chi connectivity index (χ0v) is 14.4. The summed E-state index contributed by atoms with van der Waals surface area (Å²) < 4.78 is 10.7. The van der Waals surface area contributed by atoms with Gasteiger partial charge in [0.15, 0.2) is 0 Å². The molecule has 7 heteroatoms. The highest BCUT2D eigenvalue weighted by molar-refractivity contribution is 5.52. The molecule has 1 aromatic carbocycles. The molecule has 26 heavy (non-hydrogen) atoms. The number of pyridine rings is 1. The monoisotopic (exact) mass is 352 g/mol. The SMILES string of the molecule is COc1ccc(CN2CC(O)CC2c2nc(-c3ccncc3)no2)cc1. The van der Waals surface area contributed by atoms with E-state index in [0.717, 1.165) is 16.9 Å². The minimum atomic E-state index is -0.408. The van der Waals surface area contributed by atoms with Gasteiger partial charge in [0.2, 0.25) is 11.7 Å². The van der Waals surface area contributed by atoms with Gasteiger partial charge in [0.05, 0.1) is 19.3 Å². The molecule has 1 fully saturated rings. The number of β-amino-alcohol motifs (C(OH)–C–C–N with tert-alkyl or cyclic N) is 1. The van der Waals surface area contributed by atoms with Crippen LogP contribution in [0.25, 0.3) is 11.4 Å². The third-order valence-electron chi connectivity index (χ3n) is 4.59. The molecule has 3 heterocycles. The molecule has 1 aliphatic rings. The molecule has 1 aliphatic heterocycles. The average molecular weight is 352 g/mol. The summed E-state index contributed by atoms with van der Waals surface area (Å²) in [7, 11) is 1.65. The second kappa shape index (κ2) is 7.23. The standard InChI is InChI=1S/C19H20N4O3/c1-25-16-4-2-13(3-5-16)11-23-12-15(24)10-17(23)19-21-18(22-26-19)14-6-8-20-9-7-14/h2-9,15,17,24H,10-12H2,1H3. The number of nitrogens with zero attached hydrogens (tertiary/aromatic N) is 4. The van der Waals surface area contributed by atoms with Crippen LogP contribution in [0, 0.1) is 0 Å². The van der Waals surface area contributed by atoms with E-state index < -0.39 is 6.10 Å². The van der Waals surface area contributed by atoms with E-state index in [2.05, 4.69) is 20.0 Å². The first-order valence-corrected chi connectivity index (χ1v) is 8.52. The largest absolute Gasteiger partial charge is 0.497 e. The van der Waals surface area contributed by atoms with Crippen molar-refractivity contribution in [2.75, 3.05) is 13.7 Å². The zero-order valence-electron chi connectivity index (χ0n) is 14.4. The first kappa shape index (κ1) is 16.7. The molecule has 1 saturated heterocycles. The maximum Gasteiger partial charge on any atom is 0.244 e. The number of ether oxygens (including phenoxy) is 1. The third-order valence-corrected chi connectivity index (χ3v) is 4.59. The lowest BCUT2D eigenvalue weighted by atomic mass is 10.1. The number of hydrogen-bond donors (Lipinski definition) is 1. The van der Waals surface area contributed by atoms with Gasteiger partial charge in [0.1, 0.15) is 5.75 Å². The Morgan fingerprint density at radius 1 is 1.19 bits per heavy atom. The fourth-order valence-electron chi connectivity index (χ4n) is 3.27. The van der Waals surface area contributed by atoms with Crippen LogP contribution in [0.5, 0.6) is 5.75 Å². The van der Waals surface area contributed by atoms with Gasteiger partial charge < -0.3 is 14.4 Å². The maximum atomic E-state index is 10.2. The van der Waals surface area contributed by atoms with Crippen LogP contribution in [-0.2, 0) is 6.54 Å². The lowest BCUT2D eigenvalue weighted by molar-refractivity contribution is 0.169. The lowest BCUT2D eigenvalue weighted by Gasteiger charge is -2.21. The molecule has 0 spiro atoms. The molecule has 7 nitrogen and oxygen atoms in total. The first-order chi connectivity index (χ1) is 12.7. The molecule has 0 radical (unpaired) electrons. The van der Waals surface area contributed by atoms with E-state index in [9.17, 15) is 5.11 Å². The van der Waals surface area contributed by atoms with E-state index in [1.54, 1.807) is 19.5 Å². The molecule has 1 N–H and O–H groups in total. The minimum absolute atomic E-state index is 0.102. The van der Waals surface area contributed by atoms with Gasteiger partial charge in [-0.05, 0) is 36.2 Å². The quantitative estimate of drug-likeness (QED) is 0.755. The number of aromatic nitrogens is 3. The van der Waals surface area contributed by atoms with E-state index >= 15 is 0 Å². The molecule has 0 aliphatic carbocycles. The van der Waals surface area contributed by atoms with Crippen LogP contribution in [0.3, 0.4) is 0 Å². The van der Waals surface area contributed by atoms with Crippen LogP contribution in [0.15, 0.2) is 53.3 Å². The predicted octanol–water partition coefficient (Wildman–Crippen LogP) is 2.45. The third kappa shape index (κ3) is 3.44. The Hall–Kier alpha value is -2.77. The molecule has 0 amide bonds. The van der Waals surface area contributed by atoms with E-state index in [1.165, 1.54) is 0 Å². The highest BCUT2D eigenvalue weighted by Gasteiger charge is 2.35. The van der Waals surface area contributed by atoms with Gasteiger partial charge in [0, 0.05) is 31.0 Å². The molecular formula is C19H20N4O3. The summed E-state index contributed by atoms with van der Waals surface area (Å²) in [5.74, 6) is 1.89. The topological polar surface area (TPSA) is 84.5 Å². The highest BCUT2D eigenvalue weighted by atomic mass is 16.5. The van der Waals surface area contributed by atoms with Crippen LogP contribution < -0.4 is 4.74 Å². The number of aliphatic hydroxyl groups excluding tert-OH is 1. The van der Waals surface area contributed by atoms with Crippen molar-refractivity contribution >= 4 is 0 Å². The predicted molar refractivity (Wildman–Crippen MR) is 94.3 cm³/mol. The first-order valence-electron chi connectivity index (χ1n) is 8.52. The summed E-state index contributed by atoms with van der Waals surface area (Å²) in [6, 6.07) is 11.5. The minimum Gasteiger partial charge on any atom is -0.497 e. The fraction of sp³-hybridized carbons (Fsp3) is 0.316. The Labute approximate surface area is 151 Å². The molecule has 0 bridgehead atoms. The average Bonchev–Trinajstić information content (AvgIpc) is 3.30. The van der Waals surface area contributed by atoms with Crippen molar-refractivity contribution in [3.8, 4) is 17.1 Å². The van der Waals surface area contributed by atoms with Crippen LogP contribution in [0.4, 0.5) is 0 Å². The summed E-state index contributed by atoms with van der Waals surface area (Å²) in [5.41, 5.74) is 1.99. The van der Waals surface area contributed by atoms with E-state index in [-0.39, 0.29) is 6.04 Å².